The molecule has 0 aliphatic heterocycles. The Morgan fingerprint density at radius 1 is 1.24 bits per heavy atom. The van der Waals surface area contributed by atoms with Crippen LogP contribution in [0.3, 0.4) is 0 Å². The number of benzene rings is 1. The third-order valence-electron chi connectivity index (χ3n) is 3.04. The third kappa shape index (κ3) is 6.63. The maximum absolute atomic E-state index is 12.4. The fourth-order valence-electron chi connectivity index (χ4n) is 2.12. The summed E-state index contributed by atoms with van der Waals surface area (Å²) < 4.78 is 5.48. The lowest BCUT2D eigenvalue weighted by atomic mass is 10.1. The van der Waals surface area contributed by atoms with Crippen molar-refractivity contribution in [1.82, 2.24) is 4.90 Å². The molecule has 0 fully saturated rings. The number of hydrogen-bond donors (Lipinski definition) is 1. The molecule has 1 N–H and O–H groups in total. The number of carbonyl (C=O) groups is 1. The van der Waals surface area contributed by atoms with Gasteiger partial charge in [0.05, 0.1) is 6.10 Å². The molecule has 1 aromatic carbocycles. The van der Waals surface area contributed by atoms with Gasteiger partial charge in [-0.3, -0.25) is 0 Å². The van der Waals surface area contributed by atoms with Crippen LogP contribution in [0, 0.1) is 0 Å². The van der Waals surface area contributed by atoms with Gasteiger partial charge < -0.3 is 14.7 Å². The third-order valence-corrected chi connectivity index (χ3v) is 3.04. The molecule has 4 nitrogen and oxygen atoms in total. The Morgan fingerprint density at radius 2 is 1.81 bits per heavy atom. The van der Waals surface area contributed by atoms with Crippen molar-refractivity contribution in [3.8, 4) is 0 Å². The smallest absolute Gasteiger partial charge is 0.410 e. The molecule has 0 aliphatic rings. The molecule has 1 rings (SSSR count). The largest absolute Gasteiger partial charge is 0.444 e. The van der Waals surface area contributed by atoms with Crippen LogP contribution in [-0.4, -0.2) is 33.8 Å². The molecular formula is C17H27NO3. The fourth-order valence-corrected chi connectivity index (χ4v) is 2.12. The molecule has 0 saturated carbocycles. The monoisotopic (exact) mass is 293 g/mol. The highest BCUT2D eigenvalue weighted by molar-refractivity contribution is 5.68. The van der Waals surface area contributed by atoms with E-state index in [0.29, 0.717) is 13.0 Å². The van der Waals surface area contributed by atoms with Crippen LogP contribution in [-0.2, 0) is 11.3 Å². The van der Waals surface area contributed by atoms with Crippen LogP contribution in [0.4, 0.5) is 4.79 Å². The molecule has 0 spiro atoms. The summed E-state index contributed by atoms with van der Waals surface area (Å²) in [7, 11) is 0. The molecule has 0 bridgehead atoms. The predicted octanol–water partition coefficient (Wildman–Crippen LogP) is 3.58. The molecule has 2 atom stereocenters. The highest BCUT2D eigenvalue weighted by Crippen LogP contribution is 2.17. The Kier molecular flexibility index (Phi) is 6.21. The first-order valence-corrected chi connectivity index (χ1v) is 7.40. The lowest BCUT2D eigenvalue weighted by Crippen LogP contribution is -2.42. The first-order chi connectivity index (χ1) is 9.69. The van der Waals surface area contributed by atoms with Crippen LogP contribution in [0.25, 0.3) is 0 Å². The molecule has 4 heteroatoms. The summed E-state index contributed by atoms with van der Waals surface area (Å²) in [5, 5.41) is 9.57. The summed E-state index contributed by atoms with van der Waals surface area (Å²) in [5.41, 5.74) is 0.511. The van der Waals surface area contributed by atoms with Gasteiger partial charge in [0.25, 0.3) is 0 Å². The molecular weight excluding hydrogens is 266 g/mol. The Hall–Kier alpha value is -1.55. The first kappa shape index (κ1) is 17.5. The summed E-state index contributed by atoms with van der Waals surface area (Å²) in [6.07, 6.45) is -0.285. The second-order valence-electron chi connectivity index (χ2n) is 6.53. The number of amides is 1. The van der Waals surface area contributed by atoms with E-state index < -0.39 is 11.7 Å². The summed E-state index contributed by atoms with van der Waals surface area (Å²) in [6.45, 7) is 9.69. The Balaban J connectivity index is 2.86. The maximum atomic E-state index is 12.4. The number of aliphatic hydroxyl groups excluding tert-OH is 1. The van der Waals surface area contributed by atoms with Crippen LogP contribution in [0.5, 0.6) is 0 Å². The number of hydrogen-bond acceptors (Lipinski definition) is 3. The van der Waals surface area contributed by atoms with E-state index in [-0.39, 0.29) is 12.1 Å². The van der Waals surface area contributed by atoms with Gasteiger partial charge >= 0.3 is 6.09 Å². The van der Waals surface area contributed by atoms with E-state index >= 15 is 0 Å². The summed E-state index contributed by atoms with van der Waals surface area (Å²) >= 11 is 0. The molecule has 0 saturated heterocycles. The highest BCUT2D eigenvalue weighted by Gasteiger charge is 2.26. The van der Waals surface area contributed by atoms with Crippen molar-refractivity contribution in [2.75, 3.05) is 0 Å². The Morgan fingerprint density at radius 3 is 2.29 bits per heavy atom. The molecule has 118 valence electrons. The van der Waals surface area contributed by atoms with Crippen molar-refractivity contribution in [2.45, 2.75) is 65.3 Å². The van der Waals surface area contributed by atoms with Crippen LogP contribution in [0.1, 0.15) is 46.6 Å². The minimum atomic E-state index is -0.531. The van der Waals surface area contributed by atoms with E-state index in [9.17, 15) is 9.90 Å². The minimum absolute atomic E-state index is 0.0972. The second-order valence-corrected chi connectivity index (χ2v) is 6.53. The first-order valence-electron chi connectivity index (χ1n) is 7.40. The zero-order chi connectivity index (χ0) is 16.0. The quantitative estimate of drug-likeness (QED) is 0.902. The van der Waals surface area contributed by atoms with Gasteiger partial charge in [-0.05, 0) is 46.6 Å². The van der Waals surface area contributed by atoms with Crippen molar-refractivity contribution in [2.24, 2.45) is 0 Å². The van der Waals surface area contributed by atoms with Gasteiger partial charge in [-0.15, -0.1) is 0 Å². The van der Waals surface area contributed by atoms with E-state index in [4.69, 9.17) is 4.74 Å². The summed E-state index contributed by atoms with van der Waals surface area (Å²) in [5.74, 6) is 0. The predicted molar refractivity (Wildman–Crippen MR) is 84.0 cm³/mol. The minimum Gasteiger partial charge on any atom is -0.444 e. The molecule has 1 aromatic rings. The van der Waals surface area contributed by atoms with Crippen LogP contribution in [0.2, 0.25) is 0 Å². The normalized spacial score (nSPS) is 14.4. The van der Waals surface area contributed by atoms with Crippen molar-refractivity contribution >= 4 is 6.09 Å². The van der Waals surface area contributed by atoms with E-state index in [1.54, 1.807) is 11.8 Å². The number of ether oxygens (including phenoxy) is 1. The van der Waals surface area contributed by atoms with Gasteiger partial charge in [-0.25, -0.2) is 4.79 Å². The summed E-state index contributed by atoms with van der Waals surface area (Å²) in [4.78, 5) is 14.1. The number of carbonyl (C=O) groups excluding carboxylic acids is 1. The van der Waals surface area contributed by atoms with Crippen molar-refractivity contribution in [3.63, 3.8) is 0 Å². The van der Waals surface area contributed by atoms with Crippen molar-refractivity contribution < 1.29 is 14.6 Å². The number of rotatable bonds is 5. The van der Waals surface area contributed by atoms with Crippen LogP contribution in [0.15, 0.2) is 30.3 Å². The number of nitrogens with zero attached hydrogens (tertiary/aromatic N) is 1. The maximum Gasteiger partial charge on any atom is 0.410 e. The van der Waals surface area contributed by atoms with Crippen molar-refractivity contribution in [1.29, 1.82) is 0 Å². The highest BCUT2D eigenvalue weighted by atomic mass is 16.6. The second kappa shape index (κ2) is 7.46. The van der Waals surface area contributed by atoms with Gasteiger partial charge in [0.1, 0.15) is 5.60 Å². The molecule has 0 aliphatic carbocycles. The average Bonchev–Trinajstić information content (AvgIpc) is 2.34. The molecule has 1 amide bonds. The standard InChI is InChI=1S/C17H27NO3/c1-13(11-14(2)19)18(16(20)21-17(3,4)5)12-15-9-7-6-8-10-15/h6-10,13-14,19H,11-12H2,1-5H3. The number of aliphatic hydroxyl groups is 1. The molecule has 0 heterocycles. The zero-order valence-electron chi connectivity index (χ0n) is 13.7. The van der Waals surface area contributed by atoms with Crippen molar-refractivity contribution in [3.05, 3.63) is 35.9 Å². The lowest BCUT2D eigenvalue weighted by Gasteiger charge is -2.32. The summed E-state index contributed by atoms with van der Waals surface area (Å²) in [6, 6.07) is 9.70. The van der Waals surface area contributed by atoms with Gasteiger partial charge in [0, 0.05) is 12.6 Å². The van der Waals surface area contributed by atoms with Gasteiger partial charge in [0.15, 0.2) is 0 Å². The average molecular weight is 293 g/mol. The van der Waals surface area contributed by atoms with E-state index in [2.05, 4.69) is 0 Å². The molecule has 2 unspecified atom stereocenters. The molecule has 0 aromatic heterocycles. The van der Waals surface area contributed by atoms with Crippen LogP contribution < -0.4 is 0 Å². The molecule has 21 heavy (non-hydrogen) atoms. The molecule has 0 radical (unpaired) electrons. The zero-order valence-corrected chi connectivity index (χ0v) is 13.7. The van der Waals surface area contributed by atoms with Crippen LogP contribution >= 0.6 is 0 Å². The van der Waals surface area contributed by atoms with Gasteiger partial charge in [0.2, 0.25) is 0 Å². The van der Waals surface area contributed by atoms with Gasteiger partial charge in [-0.2, -0.15) is 0 Å². The lowest BCUT2D eigenvalue weighted by molar-refractivity contribution is 0.0107. The van der Waals surface area contributed by atoms with Gasteiger partial charge in [-0.1, -0.05) is 30.3 Å². The van der Waals surface area contributed by atoms with E-state index in [1.165, 1.54) is 0 Å². The SMILES string of the molecule is CC(O)CC(C)N(Cc1ccccc1)C(=O)OC(C)(C)C. The topological polar surface area (TPSA) is 49.8 Å². The fraction of sp³-hybridized carbons (Fsp3) is 0.588. The van der Waals surface area contributed by atoms with E-state index in [0.717, 1.165) is 5.56 Å². The Bertz CT molecular complexity index is 437. The van der Waals surface area contributed by atoms with E-state index in [1.807, 2.05) is 58.0 Å². The Labute approximate surface area is 127 Å².